The van der Waals surface area contributed by atoms with Crippen molar-refractivity contribution in [1.82, 2.24) is 0 Å². The summed E-state index contributed by atoms with van der Waals surface area (Å²) < 4.78 is 7.78. The SMILES string of the molecule is Brc1cccc2c1sc1ccccc12.Brc1cccc2c1sc1ccccc12. The average molecular weight is 526 g/mol. The van der Waals surface area contributed by atoms with E-state index in [1.165, 1.54) is 49.3 Å². The fourth-order valence-corrected chi connectivity index (χ4v) is 6.86. The second kappa shape index (κ2) is 7.60. The van der Waals surface area contributed by atoms with Gasteiger partial charge in [-0.25, -0.2) is 0 Å². The van der Waals surface area contributed by atoms with Crippen LogP contribution in [0.25, 0.3) is 40.3 Å². The Bertz CT molecular complexity index is 1330. The number of thiophene rings is 2. The molecule has 2 aromatic heterocycles. The molecule has 0 amide bonds. The van der Waals surface area contributed by atoms with Crippen molar-refractivity contribution >= 4 is 94.9 Å². The van der Waals surface area contributed by atoms with E-state index in [1.54, 1.807) is 0 Å². The molecule has 0 saturated heterocycles. The lowest BCUT2D eigenvalue weighted by molar-refractivity contribution is 1.80. The van der Waals surface area contributed by atoms with Gasteiger partial charge >= 0.3 is 0 Å². The predicted octanol–water partition coefficient (Wildman–Crippen LogP) is 9.63. The molecule has 4 aromatic carbocycles. The number of hydrogen-bond acceptors (Lipinski definition) is 2. The Morgan fingerprint density at radius 1 is 0.429 bits per heavy atom. The number of fused-ring (bicyclic) bond motifs is 6. The van der Waals surface area contributed by atoms with Crippen LogP contribution in [0.15, 0.2) is 93.9 Å². The molecule has 0 radical (unpaired) electrons. The topological polar surface area (TPSA) is 0 Å². The standard InChI is InChI=1S/2C12H7BrS/c2*13-10-6-3-5-9-8-4-1-2-7-11(8)14-12(9)10/h2*1-7H. The molecule has 0 unspecified atom stereocenters. The van der Waals surface area contributed by atoms with Crippen molar-refractivity contribution in [1.29, 1.82) is 0 Å². The van der Waals surface area contributed by atoms with Gasteiger partial charge in [-0.15, -0.1) is 22.7 Å². The summed E-state index contributed by atoms with van der Waals surface area (Å²) in [7, 11) is 0. The van der Waals surface area contributed by atoms with E-state index in [0.717, 1.165) is 0 Å². The Hall–Kier alpha value is -1.72. The summed E-state index contributed by atoms with van der Waals surface area (Å²) in [6, 6.07) is 29.8. The molecule has 0 aliphatic rings. The first kappa shape index (κ1) is 18.3. The van der Waals surface area contributed by atoms with E-state index < -0.39 is 0 Å². The molecule has 136 valence electrons. The van der Waals surface area contributed by atoms with Crippen molar-refractivity contribution in [3.05, 3.63) is 93.9 Å². The van der Waals surface area contributed by atoms with Crippen LogP contribution >= 0.6 is 54.5 Å². The van der Waals surface area contributed by atoms with Gasteiger partial charge < -0.3 is 0 Å². The molecule has 2 heterocycles. The second-order valence-electron chi connectivity index (χ2n) is 6.43. The van der Waals surface area contributed by atoms with Gasteiger partial charge in [-0.05, 0) is 56.1 Å². The molecular weight excluding hydrogens is 512 g/mol. The van der Waals surface area contributed by atoms with Crippen LogP contribution in [0.4, 0.5) is 0 Å². The maximum absolute atomic E-state index is 3.59. The highest BCUT2D eigenvalue weighted by Gasteiger charge is 2.06. The maximum Gasteiger partial charge on any atom is 0.0497 e. The summed E-state index contributed by atoms with van der Waals surface area (Å²) in [5.74, 6) is 0. The lowest BCUT2D eigenvalue weighted by Gasteiger charge is -1.92. The first-order valence-electron chi connectivity index (χ1n) is 8.84. The summed E-state index contributed by atoms with van der Waals surface area (Å²) in [5.41, 5.74) is 0. The largest absolute Gasteiger partial charge is 0.134 e. The van der Waals surface area contributed by atoms with Gasteiger partial charge in [0.15, 0.2) is 0 Å². The smallest absolute Gasteiger partial charge is 0.0497 e. The molecule has 0 fully saturated rings. The lowest BCUT2D eigenvalue weighted by Crippen LogP contribution is -1.65. The molecule has 0 spiro atoms. The molecule has 6 rings (SSSR count). The van der Waals surface area contributed by atoms with Crippen molar-refractivity contribution < 1.29 is 0 Å². The third kappa shape index (κ3) is 3.18. The van der Waals surface area contributed by atoms with E-state index in [0.29, 0.717) is 0 Å². The first-order chi connectivity index (χ1) is 13.7. The highest BCUT2D eigenvalue weighted by atomic mass is 79.9. The van der Waals surface area contributed by atoms with Crippen LogP contribution in [0, 0.1) is 0 Å². The van der Waals surface area contributed by atoms with Crippen LogP contribution in [-0.4, -0.2) is 0 Å². The minimum atomic E-state index is 1.19. The van der Waals surface area contributed by atoms with Crippen LogP contribution in [-0.2, 0) is 0 Å². The molecule has 0 bridgehead atoms. The zero-order valence-electron chi connectivity index (χ0n) is 14.7. The predicted molar refractivity (Wildman–Crippen MR) is 134 cm³/mol. The highest BCUT2D eigenvalue weighted by Crippen LogP contribution is 2.38. The van der Waals surface area contributed by atoms with Gasteiger partial charge in [-0.2, -0.15) is 0 Å². The fraction of sp³-hybridized carbons (Fsp3) is 0. The van der Waals surface area contributed by atoms with Gasteiger partial charge in [0.25, 0.3) is 0 Å². The third-order valence-electron chi connectivity index (χ3n) is 4.71. The van der Waals surface area contributed by atoms with Crippen LogP contribution in [0.3, 0.4) is 0 Å². The summed E-state index contributed by atoms with van der Waals surface area (Å²) in [4.78, 5) is 0. The Labute approximate surface area is 187 Å². The van der Waals surface area contributed by atoms with Gasteiger partial charge in [-0.1, -0.05) is 60.7 Å². The number of hydrogen-bond donors (Lipinski definition) is 0. The van der Waals surface area contributed by atoms with E-state index in [1.807, 2.05) is 22.7 Å². The summed E-state index contributed by atoms with van der Waals surface area (Å²) in [6.07, 6.45) is 0. The molecule has 4 heteroatoms. The Balaban J connectivity index is 0.000000122. The lowest BCUT2D eigenvalue weighted by atomic mass is 10.2. The van der Waals surface area contributed by atoms with Crippen molar-refractivity contribution in [2.75, 3.05) is 0 Å². The maximum atomic E-state index is 3.59. The van der Waals surface area contributed by atoms with Crippen LogP contribution in [0.1, 0.15) is 0 Å². The van der Waals surface area contributed by atoms with E-state index in [9.17, 15) is 0 Å². The van der Waals surface area contributed by atoms with Crippen molar-refractivity contribution in [3.63, 3.8) is 0 Å². The monoisotopic (exact) mass is 524 g/mol. The van der Waals surface area contributed by atoms with Crippen LogP contribution in [0.5, 0.6) is 0 Å². The molecule has 0 aliphatic heterocycles. The van der Waals surface area contributed by atoms with Gasteiger partial charge in [0.1, 0.15) is 0 Å². The Morgan fingerprint density at radius 2 is 0.821 bits per heavy atom. The third-order valence-corrected chi connectivity index (χ3v) is 9.00. The molecule has 0 atom stereocenters. The second-order valence-corrected chi connectivity index (χ2v) is 10.2. The van der Waals surface area contributed by atoms with E-state index in [-0.39, 0.29) is 0 Å². The normalized spacial score (nSPS) is 11.2. The molecule has 0 saturated carbocycles. The fourth-order valence-electron chi connectivity index (χ4n) is 3.43. The van der Waals surface area contributed by atoms with E-state index in [4.69, 9.17) is 0 Å². The minimum Gasteiger partial charge on any atom is -0.134 e. The van der Waals surface area contributed by atoms with Gasteiger partial charge in [0.2, 0.25) is 0 Å². The molecule has 6 aromatic rings. The minimum absolute atomic E-state index is 1.19. The zero-order chi connectivity index (χ0) is 19.1. The van der Waals surface area contributed by atoms with Gasteiger partial charge in [0.05, 0.1) is 0 Å². The average Bonchev–Trinajstić information content (AvgIpc) is 3.29. The molecule has 28 heavy (non-hydrogen) atoms. The zero-order valence-corrected chi connectivity index (χ0v) is 19.5. The van der Waals surface area contributed by atoms with Crippen LogP contribution < -0.4 is 0 Å². The molecule has 0 aliphatic carbocycles. The number of halogens is 2. The summed E-state index contributed by atoms with van der Waals surface area (Å²) in [6.45, 7) is 0. The van der Waals surface area contributed by atoms with E-state index in [2.05, 4.69) is 117 Å². The Kier molecular flexibility index (Phi) is 4.97. The van der Waals surface area contributed by atoms with Crippen LogP contribution in [0.2, 0.25) is 0 Å². The van der Waals surface area contributed by atoms with E-state index >= 15 is 0 Å². The number of benzene rings is 4. The van der Waals surface area contributed by atoms with Crippen molar-refractivity contribution in [2.45, 2.75) is 0 Å². The summed E-state index contributed by atoms with van der Waals surface area (Å²) >= 11 is 10.9. The highest BCUT2D eigenvalue weighted by molar-refractivity contribution is 9.11. The first-order valence-corrected chi connectivity index (χ1v) is 12.1. The quantitative estimate of drug-likeness (QED) is 0.185. The molecular formula is C24H14Br2S2. The van der Waals surface area contributed by atoms with Gasteiger partial charge in [0, 0.05) is 49.3 Å². The van der Waals surface area contributed by atoms with Crippen molar-refractivity contribution in [3.8, 4) is 0 Å². The summed E-state index contributed by atoms with van der Waals surface area (Å²) in [5, 5.41) is 5.41. The van der Waals surface area contributed by atoms with Gasteiger partial charge in [-0.3, -0.25) is 0 Å². The Morgan fingerprint density at radius 3 is 1.29 bits per heavy atom. The molecule has 0 nitrogen and oxygen atoms in total. The van der Waals surface area contributed by atoms with Crippen molar-refractivity contribution in [2.24, 2.45) is 0 Å². The number of rotatable bonds is 0. The molecule has 0 N–H and O–H groups in total.